The van der Waals surface area contributed by atoms with E-state index in [2.05, 4.69) is 11.6 Å². The van der Waals surface area contributed by atoms with Gasteiger partial charge >= 0.3 is 0 Å². The second-order valence-corrected chi connectivity index (χ2v) is 12.1. The summed E-state index contributed by atoms with van der Waals surface area (Å²) in [4.78, 5) is 17.4. The standard InChI is InChI=1S/C21H22N2O5S3/c1-3-13-23-18-12-11-17(30(2,25)26)15-19(18)29-21(23)22-20(24)10-7-14-31(27,28)16-8-5-4-6-9-16/h3-6,8-9,11-12,15H,1,7,10,13-14H2,2H3. The van der Waals surface area contributed by atoms with Gasteiger partial charge in [-0.1, -0.05) is 35.6 Å². The lowest BCUT2D eigenvalue weighted by Crippen LogP contribution is -2.16. The minimum atomic E-state index is -3.45. The quantitative estimate of drug-likeness (QED) is 0.463. The Morgan fingerprint density at radius 3 is 2.45 bits per heavy atom. The summed E-state index contributed by atoms with van der Waals surface area (Å²) in [6.07, 6.45) is 2.94. The van der Waals surface area contributed by atoms with Gasteiger partial charge in [-0.3, -0.25) is 4.79 Å². The van der Waals surface area contributed by atoms with Crippen molar-refractivity contribution in [3.8, 4) is 0 Å². The zero-order valence-corrected chi connectivity index (χ0v) is 19.3. The molecule has 0 fully saturated rings. The molecule has 3 aromatic rings. The Balaban J connectivity index is 1.83. The summed E-state index contributed by atoms with van der Waals surface area (Å²) < 4.78 is 50.8. The highest BCUT2D eigenvalue weighted by Gasteiger charge is 2.15. The molecule has 10 heteroatoms. The summed E-state index contributed by atoms with van der Waals surface area (Å²) in [6.45, 7) is 4.12. The number of sulfone groups is 2. The van der Waals surface area contributed by atoms with Crippen molar-refractivity contribution in [1.29, 1.82) is 0 Å². The van der Waals surface area contributed by atoms with Crippen molar-refractivity contribution in [3.05, 3.63) is 66.0 Å². The first-order valence-corrected chi connectivity index (χ1v) is 13.8. The van der Waals surface area contributed by atoms with Crippen molar-refractivity contribution in [2.75, 3.05) is 12.0 Å². The van der Waals surface area contributed by atoms with Crippen molar-refractivity contribution < 1.29 is 21.6 Å². The summed E-state index contributed by atoms with van der Waals surface area (Å²) in [5, 5.41) is 0. The van der Waals surface area contributed by atoms with Crippen LogP contribution in [0.5, 0.6) is 0 Å². The van der Waals surface area contributed by atoms with Gasteiger partial charge in [-0.15, -0.1) is 6.58 Å². The minimum absolute atomic E-state index is 0.0109. The summed E-state index contributed by atoms with van der Waals surface area (Å²) in [6, 6.07) is 12.9. The van der Waals surface area contributed by atoms with Gasteiger partial charge in [0.05, 0.1) is 25.8 Å². The van der Waals surface area contributed by atoms with E-state index in [1.165, 1.54) is 29.5 Å². The molecule has 0 aliphatic heterocycles. The maximum atomic E-state index is 12.4. The Labute approximate surface area is 185 Å². The number of aromatic nitrogens is 1. The maximum absolute atomic E-state index is 12.4. The fourth-order valence-corrected chi connectivity index (χ4v) is 6.15. The van der Waals surface area contributed by atoms with Gasteiger partial charge in [0.1, 0.15) is 0 Å². The highest BCUT2D eigenvalue weighted by atomic mass is 32.2. The molecule has 0 bridgehead atoms. The molecule has 1 heterocycles. The van der Waals surface area contributed by atoms with Gasteiger partial charge in [-0.2, -0.15) is 4.99 Å². The molecule has 0 atom stereocenters. The van der Waals surface area contributed by atoms with Gasteiger partial charge < -0.3 is 4.57 Å². The smallest absolute Gasteiger partial charge is 0.248 e. The van der Waals surface area contributed by atoms with Crippen LogP contribution in [0.15, 0.2) is 76.0 Å². The molecule has 31 heavy (non-hydrogen) atoms. The summed E-state index contributed by atoms with van der Waals surface area (Å²) in [7, 11) is -6.81. The van der Waals surface area contributed by atoms with Crippen LogP contribution in [0.25, 0.3) is 10.2 Å². The van der Waals surface area contributed by atoms with Gasteiger partial charge in [-0.25, -0.2) is 16.8 Å². The molecule has 3 rings (SSSR count). The van der Waals surface area contributed by atoms with E-state index in [0.717, 1.165) is 11.8 Å². The number of rotatable bonds is 8. The Kier molecular flexibility index (Phi) is 6.93. The number of carbonyl (C=O) groups excluding carboxylic acids is 1. The van der Waals surface area contributed by atoms with Gasteiger partial charge in [-0.05, 0) is 36.8 Å². The zero-order valence-electron chi connectivity index (χ0n) is 16.9. The first kappa shape index (κ1) is 23.1. The fourth-order valence-electron chi connectivity index (χ4n) is 3.00. The molecule has 0 unspecified atom stereocenters. The molecule has 0 spiro atoms. The van der Waals surface area contributed by atoms with Crippen LogP contribution in [0.2, 0.25) is 0 Å². The molecule has 0 N–H and O–H groups in total. The van der Waals surface area contributed by atoms with E-state index in [0.29, 0.717) is 16.0 Å². The SMILES string of the molecule is C=CCn1c(=NC(=O)CCCS(=O)(=O)c2ccccc2)sc2cc(S(C)(=O)=O)ccc21. The molecule has 0 radical (unpaired) electrons. The predicted molar refractivity (Wildman–Crippen MR) is 121 cm³/mol. The third-order valence-corrected chi connectivity index (χ3v) is 8.49. The normalized spacial score (nSPS) is 12.9. The van der Waals surface area contributed by atoms with Crippen LogP contribution in [0.1, 0.15) is 12.8 Å². The van der Waals surface area contributed by atoms with Crippen LogP contribution in [0, 0.1) is 0 Å². The third-order valence-electron chi connectivity index (χ3n) is 4.52. The lowest BCUT2D eigenvalue weighted by Gasteiger charge is -2.03. The monoisotopic (exact) mass is 478 g/mol. The minimum Gasteiger partial charge on any atom is -0.313 e. The van der Waals surface area contributed by atoms with Crippen LogP contribution in [-0.2, 0) is 31.0 Å². The number of hydrogen-bond acceptors (Lipinski definition) is 6. The molecule has 0 saturated carbocycles. The largest absolute Gasteiger partial charge is 0.313 e. The second kappa shape index (κ2) is 9.29. The number of thiazole rings is 1. The molecular weight excluding hydrogens is 456 g/mol. The predicted octanol–water partition coefficient (Wildman–Crippen LogP) is 2.97. The molecule has 7 nitrogen and oxygen atoms in total. The van der Waals surface area contributed by atoms with E-state index >= 15 is 0 Å². The summed E-state index contributed by atoms with van der Waals surface area (Å²) in [5.74, 6) is -0.578. The van der Waals surface area contributed by atoms with Crippen LogP contribution in [-0.4, -0.2) is 39.3 Å². The van der Waals surface area contributed by atoms with E-state index in [4.69, 9.17) is 0 Å². The molecule has 1 amide bonds. The van der Waals surface area contributed by atoms with Crippen molar-refractivity contribution in [2.45, 2.75) is 29.2 Å². The van der Waals surface area contributed by atoms with E-state index in [1.807, 2.05) is 0 Å². The Hall–Kier alpha value is -2.56. The fraction of sp³-hybridized carbons (Fsp3) is 0.238. The number of hydrogen-bond donors (Lipinski definition) is 0. The number of benzene rings is 2. The van der Waals surface area contributed by atoms with Gasteiger partial charge in [0.15, 0.2) is 24.5 Å². The van der Waals surface area contributed by atoms with Gasteiger partial charge in [0.2, 0.25) is 5.91 Å². The van der Waals surface area contributed by atoms with E-state index in [9.17, 15) is 21.6 Å². The van der Waals surface area contributed by atoms with Crippen LogP contribution >= 0.6 is 11.3 Å². The average Bonchev–Trinajstić information content (AvgIpc) is 3.04. The van der Waals surface area contributed by atoms with Gasteiger partial charge in [0, 0.05) is 19.2 Å². The van der Waals surface area contributed by atoms with Crippen molar-refractivity contribution in [3.63, 3.8) is 0 Å². The molecule has 0 aliphatic rings. The van der Waals surface area contributed by atoms with Crippen molar-refractivity contribution in [1.82, 2.24) is 4.57 Å². The van der Waals surface area contributed by atoms with Crippen LogP contribution in [0.3, 0.4) is 0 Å². The van der Waals surface area contributed by atoms with E-state index in [-0.39, 0.29) is 28.4 Å². The third kappa shape index (κ3) is 5.57. The number of fused-ring (bicyclic) bond motifs is 1. The van der Waals surface area contributed by atoms with Crippen LogP contribution < -0.4 is 4.80 Å². The van der Waals surface area contributed by atoms with Crippen molar-refractivity contribution in [2.24, 2.45) is 4.99 Å². The van der Waals surface area contributed by atoms with Gasteiger partial charge in [0.25, 0.3) is 0 Å². The first-order chi connectivity index (χ1) is 14.6. The highest BCUT2D eigenvalue weighted by molar-refractivity contribution is 7.91. The summed E-state index contributed by atoms with van der Waals surface area (Å²) in [5.41, 5.74) is 0.746. The number of allylic oxidation sites excluding steroid dienone is 1. The first-order valence-electron chi connectivity index (χ1n) is 9.41. The summed E-state index contributed by atoms with van der Waals surface area (Å²) >= 11 is 1.20. The van der Waals surface area contributed by atoms with Crippen molar-refractivity contribution >= 4 is 47.1 Å². The molecule has 0 aliphatic carbocycles. The topological polar surface area (TPSA) is 103 Å². The highest BCUT2D eigenvalue weighted by Crippen LogP contribution is 2.22. The number of nitrogens with zero attached hydrogens (tertiary/aromatic N) is 2. The molecule has 1 aromatic heterocycles. The number of amides is 1. The van der Waals surface area contributed by atoms with Crippen LogP contribution in [0.4, 0.5) is 0 Å². The molecule has 0 saturated heterocycles. The second-order valence-electron chi connectivity index (χ2n) is 6.93. The van der Waals surface area contributed by atoms with E-state index in [1.54, 1.807) is 41.0 Å². The lowest BCUT2D eigenvalue weighted by atomic mass is 10.3. The Morgan fingerprint density at radius 2 is 1.81 bits per heavy atom. The molecule has 164 valence electrons. The number of carbonyl (C=O) groups is 1. The lowest BCUT2D eigenvalue weighted by molar-refractivity contribution is -0.118. The molecule has 2 aromatic carbocycles. The Bertz CT molecular complexity index is 1400. The maximum Gasteiger partial charge on any atom is 0.248 e. The molecular formula is C21H22N2O5S3. The average molecular weight is 479 g/mol. The Morgan fingerprint density at radius 1 is 1.10 bits per heavy atom. The van der Waals surface area contributed by atoms with E-state index < -0.39 is 25.6 Å². The zero-order chi connectivity index (χ0) is 22.6.